The number of hydrogen-bond acceptors (Lipinski definition) is 3. The molecule has 1 heterocycles. The molecule has 102 valence electrons. The Morgan fingerprint density at radius 2 is 2.11 bits per heavy atom. The van der Waals surface area contributed by atoms with Crippen molar-refractivity contribution in [2.24, 2.45) is 0 Å². The number of ether oxygens (including phenoxy) is 1. The van der Waals surface area contributed by atoms with Gasteiger partial charge in [0.1, 0.15) is 6.10 Å². The highest BCUT2D eigenvalue weighted by Crippen LogP contribution is 2.21. The standard InChI is InChI=1S/C13H14BrNO4/c14-9-5-8(13(17)18)6-10(7-9)15-12(16)11-3-1-2-4-19-11/h5-7,11H,1-4H2,(H,15,16)(H,17,18). The first-order valence-corrected chi connectivity index (χ1v) is 6.82. The SMILES string of the molecule is O=C(O)c1cc(Br)cc(NC(=O)C2CCCCO2)c1. The van der Waals surface area contributed by atoms with Crippen LogP contribution in [0.3, 0.4) is 0 Å². The average Bonchev–Trinajstić information content (AvgIpc) is 2.39. The Morgan fingerprint density at radius 1 is 1.32 bits per heavy atom. The largest absolute Gasteiger partial charge is 0.478 e. The van der Waals surface area contributed by atoms with Gasteiger partial charge >= 0.3 is 5.97 Å². The third-order valence-electron chi connectivity index (χ3n) is 2.88. The summed E-state index contributed by atoms with van der Waals surface area (Å²) in [6.45, 7) is 0.594. The van der Waals surface area contributed by atoms with Crippen molar-refractivity contribution in [3.63, 3.8) is 0 Å². The molecule has 0 spiro atoms. The minimum Gasteiger partial charge on any atom is -0.478 e. The molecule has 0 aromatic heterocycles. The number of carboxylic acid groups (broad SMARTS) is 1. The van der Waals surface area contributed by atoms with Crippen LogP contribution in [-0.2, 0) is 9.53 Å². The van der Waals surface area contributed by atoms with E-state index in [4.69, 9.17) is 9.84 Å². The summed E-state index contributed by atoms with van der Waals surface area (Å²) in [4.78, 5) is 22.9. The van der Waals surface area contributed by atoms with E-state index in [1.165, 1.54) is 12.1 Å². The molecule has 0 saturated carbocycles. The number of halogens is 1. The molecule has 1 saturated heterocycles. The highest BCUT2D eigenvalue weighted by atomic mass is 79.9. The molecule has 1 aromatic carbocycles. The van der Waals surface area contributed by atoms with Gasteiger partial charge < -0.3 is 15.2 Å². The molecule has 2 N–H and O–H groups in total. The summed E-state index contributed by atoms with van der Waals surface area (Å²) >= 11 is 3.22. The van der Waals surface area contributed by atoms with Gasteiger partial charge in [0.2, 0.25) is 0 Å². The lowest BCUT2D eigenvalue weighted by Crippen LogP contribution is -2.33. The fourth-order valence-corrected chi connectivity index (χ4v) is 2.45. The summed E-state index contributed by atoms with van der Waals surface area (Å²) < 4.78 is 5.98. The van der Waals surface area contributed by atoms with Crippen LogP contribution in [0.25, 0.3) is 0 Å². The highest BCUT2D eigenvalue weighted by molar-refractivity contribution is 9.10. The minimum absolute atomic E-state index is 0.120. The molecular weight excluding hydrogens is 314 g/mol. The number of carbonyl (C=O) groups is 2. The van der Waals surface area contributed by atoms with Crippen molar-refractivity contribution in [3.05, 3.63) is 28.2 Å². The Bertz CT molecular complexity index is 497. The number of anilines is 1. The van der Waals surface area contributed by atoms with Crippen molar-refractivity contribution in [2.75, 3.05) is 11.9 Å². The highest BCUT2D eigenvalue weighted by Gasteiger charge is 2.22. The van der Waals surface area contributed by atoms with Gasteiger partial charge in [-0.25, -0.2) is 4.79 Å². The summed E-state index contributed by atoms with van der Waals surface area (Å²) in [5.41, 5.74) is 0.570. The number of carbonyl (C=O) groups excluding carboxylic acids is 1. The van der Waals surface area contributed by atoms with Crippen molar-refractivity contribution in [1.29, 1.82) is 0 Å². The molecule has 1 aromatic rings. The number of aromatic carboxylic acids is 1. The predicted molar refractivity (Wildman–Crippen MR) is 73.3 cm³/mol. The lowest BCUT2D eigenvalue weighted by atomic mass is 10.1. The Hall–Kier alpha value is -1.40. The molecule has 1 aliphatic rings. The molecule has 1 amide bonds. The zero-order chi connectivity index (χ0) is 13.8. The van der Waals surface area contributed by atoms with Crippen molar-refractivity contribution < 1.29 is 19.4 Å². The van der Waals surface area contributed by atoms with E-state index in [1.54, 1.807) is 6.07 Å². The van der Waals surface area contributed by atoms with Crippen molar-refractivity contribution in [3.8, 4) is 0 Å². The van der Waals surface area contributed by atoms with Gasteiger partial charge in [-0.2, -0.15) is 0 Å². The molecule has 0 bridgehead atoms. The topological polar surface area (TPSA) is 75.6 Å². The first-order valence-electron chi connectivity index (χ1n) is 6.02. The van der Waals surface area contributed by atoms with Gasteiger partial charge in [-0.05, 0) is 37.5 Å². The Morgan fingerprint density at radius 3 is 2.74 bits per heavy atom. The van der Waals surface area contributed by atoms with E-state index in [0.29, 0.717) is 23.2 Å². The van der Waals surface area contributed by atoms with Crippen LogP contribution in [-0.4, -0.2) is 29.7 Å². The molecule has 0 radical (unpaired) electrons. The van der Waals surface area contributed by atoms with Gasteiger partial charge in [0.25, 0.3) is 5.91 Å². The minimum atomic E-state index is -1.04. The van der Waals surface area contributed by atoms with Gasteiger partial charge in [-0.3, -0.25) is 4.79 Å². The second-order valence-electron chi connectivity index (χ2n) is 4.38. The number of nitrogens with one attached hydrogen (secondary N) is 1. The zero-order valence-corrected chi connectivity index (χ0v) is 11.8. The molecule has 1 unspecified atom stereocenters. The lowest BCUT2D eigenvalue weighted by Gasteiger charge is -2.21. The molecule has 0 aliphatic carbocycles. The molecule has 1 aliphatic heterocycles. The summed E-state index contributed by atoms with van der Waals surface area (Å²) in [5, 5.41) is 11.6. The number of benzene rings is 1. The van der Waals surface area contributed by atoms with Crippen molar-refractivity contribution in [2.45, 2.75) is 25.4 Å². The van der Waals surface area contributed by atoms with Gasteiger partial charge in [0.05, 0.1) is 5.56 Å². The normalized spacial score (nSPS) is 18.9. The van der Waals surface area contributed by atoms with Crippen LogP contribution in [0, 0.1) is 0 Å². The summed E-state index contributed by atoms with van der Waals surface area (Å²) in [6.07, 6.45) is 2.20. The Labute approximate surface area is 119 Å². The van der Waals surface area contributed by atoms with Crippen LogP contribution < -0.4 is 5.32 Å². The van der Waals surface area contributed by atoms with Crippen molar-refractivity contribution >= 4 is 33.5 Å². The van der Waals surface area contributed by atoms with Gasteiger partial charge in [-0.1, -0.05) is 15.9 Å². The molecule has 5 nitrogen and oxygen atoms in total. The first-order chi connectivity index (χ1) is 9.06. The second kappa shape index (κ2) is 6.16. The summed E-state index contributed by atoms with van der Waals surface area (Å²) in [5.74, 6) is -1.26. The summed E-state index contributed by atoms with van der Waals surface area (Å²) in [7, 11) is 0. The smallest absolute Gasteiger partial charge is 0.335 e. The lowest BCUT2D eigenvalue weighted by molar-refractivity contribution is -0.129. The van der Waals surface area contributed by atoms with E-state index in [-0.39, 0.29) is 11.5 Å². The molecule has 2 rings (SSSR count). The predicted octanol–water partition coefficient (Wildman–Crippen LogP) is 2.65. The fourth-order valence-electron chi connectivity index (χ4n) is 1.96. The maximum atomic E-state index is 12.0. The van der Waals surface area contributed by atoms with Crippen LogP contribution in [0.1, 0.15) is 29.6 Å². The van der Waals surface area contributed by atoms with Crippen LogP contribution >= 0.6 is 15.9 Å². The second-order valence-corrected chi connectivity index (χ2v) is 5.29. The van der Waals surface area contributed by atoms with E-state index >= 15 is 0 Å². The van der Waals surface area contributed by atoms with Gasteiger partial charge in [0.15, 0.2) is 0 Å². The quantitative estimate of drug-likeness (QED) is 0.894. The molecule has 1 atom stereocenters. The number of carboxylic acids is 1. The molecular formula is C13H14BrNO4. The number of rotatable bonds is 3. The maximum absolute atomic E-state index is 12.0. The number of amides is 1. The van der Waals surface area contributed by atoms with Crippen LogP contribution in [0.4, 0.5) is 5.69 Å². The van der Waals surface area contributed by atoms with E-state index < -0.39 is 12.1 Å². The average molecular weight is 328 g/mol. The Balaban J connectivity index is 2.09. The number of hydrogen-bond donors (Lipinski definition) is 2. The summed E-state index contributed by atoms with van der Waals surface area (Å²) in [6, 6.07) is 4.57. The molecule has 19 heavy (non-hydrogen) atoms. The monoisotopic (exact) mass is 327 g/mol. The van der Waals surface area contributed by atoms with Crippen LogP contribution in [0.2, 0.25) is 0 Å². The van der Waals surface area contributed by atoms with Crippen molar-refractivity contribution in [1.82, 2.24) is 0 Å². The zero-order valence-electron chi connectivity index (χ0n) is 10.2. The van der Waals surface area contributed by atoms with Crippen LogP contribution in [0.15, 0.2) is 22.7 Å². The van der Waals surface area contributed by atoms with Gasteiger partial charge in [-0.15, -0.1) is 0 Å². The first kappa shape index (κ1) is 14.0. The Kier molecular flexibility index (Phi) is 4.55. The molecule has 1 fully saturated rings. The van der Waals surface area contributed by atoms with Crippen LogP contribution in [0.5, 0.6) is 0 Å². The fraction of sp³-hybridized carbons (Fsp3) is 0.385. The van der Waals surface area contributed by atoms with E-state index in [2.05, 4.69) is 21.2 Å². The van der Waals surface area contributed by atoms with E-state index in [0.717, 1.165) is 12.8 Å². The van der Waals surface area contributed by atoms with Gasteiger partial charge in [0, 0.05) is 16.8 Å². The third-order valence-corrected chi connectivity index (χ3v) is 3.34. The van der Waals surface area contributed by atoms with E-state index in [1.807, 2.05) is 0 Å². The third kappa shape index (κ3) is 3.78. The molecule has 6 heteroatoms. The van der Waals surface area contributed by atoms with E-state index in [9.17, 15) is 9.59 Å². The maximum Gasteiger partial charge on any atom is 0.335 e.